The lowest BCUT2D eigenvalue weighted by Crippen LogP contribution is -2.35. The number of anilines is 5. The van der Waals surface area contributed by atoms with Gasteiger partial charge < -0.3 is 19.3 Å². The fraction of sp³-hybridized carbons (Fsp3) is 0.188. The lowest BCUT2D eigenvalue weighted by Gasteiger charge is -2.39. The lowest BCUT2D eigenvalue weighted by atomic mass is 9.81. The van der Waals surface area contributed by atoms with Crippen LogP contribution in [-0.4, -0.2) is 10.6 Å². The minimum atomic E-state index is 0.156. The van der Waals surface area contributed by atoms with Gasteiger partial charge in [-0.15, -0.1) is 0 Å². The van der Waals surface area contributed by atoms with Gasteiger partial charge >= 0.3 is 0 Å². The van der Waals surface area contributed by atoms with Crippen molar-refractivity contribution in [2.45, 2.75) is 76.2 Å². The van der Waals surface area contributed by atoms with Crippen LogP contribution in [0.5, 0.6) is 0 Å². The van der Waals surface area contributed by atoms with Gasteiger partial charge in [0.05, 0.1) is 34.8 Å². The van der Waals surface area contributed by atoms with Crippen molar-refractivity contribution in [1.82, 2.24) is 4.57 Å². The van der Waals surface area contributed by atoms with Gasteiger partial charge in [0.1, 0.15) is 0 Å². The largest absolute Gasteiger partial charge is 0.334 e. The Kier molecular flexibility index (Phi) is 11.2. The Labute approximate surface area is 411 Å². The summed E-state index contributed by atoms with van der Waals surface area (Å²) in [6, 6.07) is 56.9. The number of hydrogen-bond acceptors (Lipinski definition) is 5. The van der Waals surface area contributed by atoms with E-state index < -0.39 is 0 Å². The molecule has 0 saturated heterocycles. The van der Waals surface area contributed by atoms with Crippen molar-refractivity contribution in [3.8, 4) is 17.8 Å². The minimum absolute atomic E-state index is 0.156. The van der Waals surface area contributed by atoms with Crippen LogP contribution in [0.15, 0.2) is 211 Å². The van der Waals surface area contributed by atoms with Gasteiger partial charge in [0.2, 0.25) is 0 Å². The molecule has 1 aromatic heterocycles. The van der Waals surface area contributed by atoms with Crippen molar-refractivity contribution in [1.29, 1.82) is 10.5 Å². The molecule has 2 unspecified atom stereocenters. The summed E-state index contributed by atoms with van der Waals surface area (Å²) in [5, 5.41) is 20.8. The van der Waals surface area contributed by atoms with E-state index in [-0.39, 0.29) is 17.9 Å². The number of rotatable bonds is 10. The molecule has 4 aliphatic carbocycles. The molecule has 70 heavy (non-hydrogen) atoms. The van der Waals surface area contributed by atoms with E-state index in [1.807, 2.05) is 24.3 Å². The third-order valence-electron chi connectivity index (χ3n) is 15.2. The van der Waals surface area contributed by atoms with E-state index in [0.717, 1.165) is 68.4 Å². The maximum atomic E-state index is 9.78. The molecule has 2 heterocycles. The first-order valence-electron chi connectivity index (χ1n) is 25.0. The lowest BCUT2D eigenvalue weighted by molar-refractivity contribution is 0.550. The molecule has 0 N–H and O–H groups in total. The Morgan fingerprint density at radius 1 is 0.671 bits per heavy atom. The Balaban J connectivity index is 0.882. The number of nitrogens with zero attached hydrogens (tertiary/aromatic N) is 6. The number of hydrogen-bond donors (Lipinski definition) is 0. The van der Waals surface area contributed by atoms with Gasteiger partial charge in [0, 0.05) is 80.6 Å². The van der Waals surface area contributed by atoms with Crippen molar-refractivity contribution in [3.63, 3.8) is 0 Å². The number of benzene rings is 6. The van der Waals surface area contributed by atoms with E-state index in [9.17, 15) is 10.5 Å². The van der Waals surface area contributed by atoms with Crippen molar-refractivity contribution < 1.29 is 0 Å². The molecule has 7 aromatic rings. The molecular formula is C64H54N6. The van der Waals surface area contributed by atoms with Crippen molar-refractivity contribution in [2.75, 3.05) is 14.7 Å². The van der Waals surface area contributed by atoms with Crippen LogP contribution >= 0.6 is 0 Å². The molecule has 0 spiro atoms. The molecule has 0 fully saturated rings. The molecule has 5 aliphatic rings. The molecule has 340 valence electrons. The van der Waals surface area contributed by atoms with Crippen LogP contribution in [0, 0.1) is 22.7 Å². The molecular weight excluding hydrogens is 853 g/mol. The number of allylic oxidation sites excluding steroid dienone is 10. The normalized spacial score (nSPS) is 18.9. The zero-order chi connectivity index (χ0) is 47.1. The van der Waals surface area contributed by atoms with Crippen LogP contribution in [0.4, 0.5) is 28.4 Å². The number of nitriles is 2. The summed E-state index contributed by atoms with van der Waals surface area (Å²) in [5.41, 5.74) is 20.1. The van der Waals surface area contributed by atoms with E-state index in [1.54, 1.807) is 0 Å². The highest BCUT2D eigenvalue weighted by Gasteiger charge is 2.38. The highest BCUT2D eigenvalue weighted by molar-refractivity contribution is 5.94. The fourth-order valence-electron chi connectivity index (χ4n) is 11.9. The SMILES string of the molecule is CCC1=CC(c2ccc(N(C3=CC=C4C(C3)c3ccccc3N4C3=CC=CCC3)c3ccc(C#N)cc3)cc2)CC[C@@H]1N(c1ccc(C#N)cc1)c1ccc2c(c1)c1c(n2-c2ccccc2)C=CCC1. The summed E-state index contributed by atoms with van der Waals surface area (Å²) < 4.78 is 2.42. The summed E-state index contributed by atoms with van der Waals surface area (Å²) in [4.78, 5) is 7.43. The van der Waals surface area contributed by atoms with E-state index in [2.05, 4.69) is 208 Å². The minimum Gasteiger partial charge on any atom is -0.334 e. The van der Waals surface area contributed by atoms with Crippen LogP contribution in [0.25, 0.3) is 22.7 Å². The first kappa shape index (κ1) is 43.0. The van der Waals surface area contributed by atoms with Crippen molar-refractivity contribution in [3.05, 3.63) is 244 Å². The molecule has 6 aromatic carbocycles. The van der Waals surface area contributed by atoms with Gasteiger partial charge in [-0.2, -0.15) is 10.5 Å². The zero-order valence-electron chi connectivity index (χ0n) is 39.5. The quantitative estimate of drug-likeness (QED) is 0.128. The first-order chi connectivity index (χ1) is 34.6. The third kappa shape index (κ3) is 7.58. The highest BCUT2D eigenvalue weighted by Crippen LogP contribution is 2.52. The number of fused-ring (bicyclic) bond motifs is 6. The Bertz CT molecular complexity index is 3420. The van der Waals surface area contributed by atoms with E-state index in [4.69, 9.17) is 0 Å². The molecule has 3 atom stereocenters. The van der Waals surface area contributed by atoms with Gasteiger partial charge in [0.15, 0.2) is 0 Å². The van der Waals surface area contributed by atoms with Crippen LogP contribution < -0.4 is 14.7 Å². The number of aryl methyl sites for hydroxylation is 1. The molecule has 0 bridgehead atoms. The van der Waals surface area contributed by atoms with Gasteiger partial charge in [-0.3, -0.25) is 0 Å². The summed E-state index contributed by atoms with van der Waals surface area (Å²) in [7, 11) is 0. The number of aromatic nitrogens is 1. The van der Waals surface area contributed by atoms with E-state index in [1.165, 1.54) is 73.0 Å². The molecule has 0 radical (unpaired) electrons. The third-order valence-corrected chi connectivity index (χ3v) is 15.2. The topological polar surface area (TPSA) is 62.2 Å². The Morgan fingerprint density at radius 2 is 1.37 bits per heavy atom. The summed E-state index contributed by atoms with van der Waals surface area (Å²) in [6.45, 7) is 2.30. The monoisotopic (exact) mass is 906 g/mol. The van der Waals surface area contributed by atoms with Crippen molar-refractivity contribution >= 4 is 45.4 Å². The van der Waals surface area contributed by atoms with Crippen molar-refractivity contribution in [2.24, 2.45) is 0 Å². The molecule has 6 heteroatoms. The second-order valence-corrected chi connectivity index (χ2v) is 19.1. The van der Waals surface area contributed by atoms with Gasteiger partial charge in [0.25, 0.3) is 0 Å². The fourth-order valence-corrected chi connectivity index (χ4v) is 11.9. The zero-order valence-corrected chi connectivity index (χ0v) is 39.5. The van der Waals surface area contributed by atoms with Gasteiger partial charge in [-0.05, 0) is 183 Å². The Morgan fingerprint density at radius 3 is 2.10 bits per heavy atom. The second-order valence-electron chi connectivity index (χ2n) is 19.1. The second kappa shape index (κ2) is 18.3. The molecule has 12 rings (SSSR count). The van der Waals surface area contributed by atoms with Crippen LogP contribution in [0.1, 0.15) is 97.2 Å². The standard InChI is InChI=1S/C64H54N6/c1-2-46-39-48(27-36-60(46)68(53-30-23-45(43-66)24-31-53)55-35-38-64-59(41-55)57-18-10-12-20-62(57)70(64)50-15-7-4-8-16-50)47-25-32-52(33-26-47)67(51-28-21-44(42-65)22-29-51)54-34-37-63-58(40-54)56-17-9-11-19-61(56)69(63)49-13-5-3-6-14-49/h3-5,7-9,11-13,15-17,19-26,28-35,37-39,41,48,58,60H,2,6,10,14,18,27,36,40H2,1H3/t48?,58?,60-/m0/s1. The molecule has 0 saturated carbocycles. The molecule has 6 nitrogen and oxygen atoms in total. The predicted molar refractivity (Wildman–Crippen MR) is 287 cm³/mol. The van der Waals surface area contributed by atoms with Gasteiger partial charge in [-0.25, -0.2) is 0 Å². The average Bonchev–Trinajstić information content (AvgIpc) is 3.94. The summed E-state index contributed by atoms with van der Waals surface area (Å²) in [6.07, 6.45) is 26.5. The smallest absolute Gasteiger partial charge is 0.0991 e. The van der Waals surface area contributed by atoms with Crippen LogP contribution in [-0.2, 0) is 6.42 Å². The maximum absolute atomic E-state index is 9.78. The highest BCUT2D eigenvalue weighted by atomic mass is 15.2. The summed E-state index contributed by atoms with van der Waals surface area (Å²) >= 11 is 0. The molecule has 1 aliphatic heterocycles. The van der Waals surface area contributed by atoms with Gasteiger partial charge in [-0.1, -0.05) is 85.3 Å². The summed E-state index contributed by atoms with van der Waals surface area (Å²) in [5.74, 6) is 0.511. The van der Waals surface area contributed by atoms with Crippen LogP contribution in [0.2, 0.25) is 0 Å². The molecule has 0 amide bonds. The maximum Gasteiger partial charge on any atom is 0.0991 e. The first-order valence-corrected chi connectivity index (χ1v) is 25.0. The van der Waals surface area contributed by atoms with E-state index in [0.29, 0.717) is 11.1 Å². The van der Waals surface area contributed by atoms with E-state index >= 15 is 0 Å². The Hall–Kier alpha value is -8.32. The van der Waals surface area contributed by atoms with Crippen LogP contribution in [0.3, 0.4) is 0 Å². The average molecular weight is 907 g/mol. The number of para-hydroxylation sites is 2. The predicted octanol–water partition coefficient (Wildman–Crippen LogP) is 15.9.